The second-order valence-corrected chi connectivity index (χ2v) is 6.63. The molecule has 102 valence electrons. The molecule has 3 rings (SSSR count). The number of benzene rings is 1. The Morgan fingerprint density at radius 3 is 3.16 bits per heavy atom. The lowest BCUT2D eigenvalue weighted by molar-refractivity contribution is 0.293. The van der Waals surface area contributed by atoms with E-state index in [1.165, 1.54) is 25.7 Å². The largest absolute Gasteiger partial charge is 0.395 e. The van der Waals surface area contributed by atoms with Crippen molar-refractivity contribution in [1.29, 1.82) is 0 Å². The number of fused-ring (bicyclic) bond motifs is 1. The van der Waals surface area contributed by atoms with Crippen LogP contribution in [0.3, 0.4) is 0 Å². The van der Waals surface area contributed by atoms with Crippen LogP contribution in [0.1, 0.15) is 32.6 Å². The molecule has 1 fully saturated rings. The number of nitrogen functional groups attached to an aromatic ring is 1. The van der Waals surface area contributed by atoms with Gasteiger partial charge in [-0.1, -0.05) is 19.8 Å². The summed E-state index contributed by atoms with van der Waals surface area (Å²) in [5, 5.41) is 3.52. The topological polar surface area (TPSA) is 50.9 Å². The van der Waals surface area contributed by atoms with Crippen LogP contribution in [0.5, 0.6) is 0 Å². The average Bonchev–Trinajstić information content (AvgIpc) is 2.87. The van der Waals surface area contributed by atoms with Crippen molar-refractivity contribution in [3.63, 3.8) is 0 Å². The first kappa shape index (κ1) is 12.7. The number of aromatic nitrogens is 1. The highest BCUT2D eigenvalue weighted by molar-refractivity contribution is 7.16. The Hall–Kier alpha value is -1.29. The summed E-state index contributed by atoms with van der Waals surface area (Å²) in [5.41, 5.74) is 10.8. The third-order valence-electron chi connectivity index (χ3n) is 4.17. The van der Waals surface area contributed by atoms with Gasteiger partial charge < -0.3 is 11.1 Å². The van der Waals surface area contributed by atoms with Crippen LogP contribution in [0.2, 0.25) is 0 Å². The molecular formula is C15H21N3S. The van der Waals surface area contributed by atoms with Crippen molar-refractivity contribution in [2.75, 3.05) is 17.6 Å². The molecule has 1 aromatic heterocycles. The minimum Gasteiger partial charge on any atom is -0.395 e. The van der Waals surface area contributed by atoms with E-state index in [1.807, 2.05) is 5.51 Å². The van der Waals surface area contributed by atoms with Crippen LogP contribution in [0.15, 0.2) is 17.6 Å². The molecule has 2 aromatic rings. The second-order valence-electron chi connectivity index (χ2n) is 5.74. The Balaban J connectivity index is 1.69. The first-order valence-corrected chi connectivity index (χ1v) is 7.97. The van der Waals surface area contributed by atoms with Gasteiger partial charge in [0.05, 0.1) is 21.6 Å². The molecule has 1 saturated carbocycles. The molecule has 2 atom stereocenters. The van der Waals surface area contributed by atoms with Crippen LogP contribution in [-0.2, 0) is 0 Å². The molecule has 0 spiro atoms. The number of rotatable bonds is 3. The van der Waals surface area contributed by atoms with Gasteiger partial charge >= 0.3 is 0 Å². The van der Waals surface area contributed by atoms with E-state index in [0.717, 1.165) is 40.0 Å². The maximum Gasteiger partial charge on any atom is 0.106 e. The van der Waals surface area contributed by atoms with Gasteiger partial charge in [-0.25, -0.2) is 4.98 Å². The van der Waals surface area contributed by atoms with Crippen molar-refractivity contribution in [2.24, 2.45) is 11.8 Å². The lowest BCUT2D eigenvalue weighted by atomic mass is 9.82. The van der Waals surface area contributed by atoms with Gasteiger partial charge in [-0.15, -0.1) is 11.3 Å². The van der Waals surface area contributed by atoms with Crippen LogP contribution >= 0.6 is 11.3 Å². The SMILES string of the molecule is CC1CCCC(CNc2ccc3scnc3c2N)C1. The lowest BCUT2D eigenvalue weighted by Gasteiger charge is -2.27. The number of nitrogens with two attached hydrogens (primary N) is 1. The molecule has 1 aliphatic rings. The van der Waals surface area contributed by atoms with Gasteiger partial charge in [-0.05, 0) is 36.8 Å². The van der Waals surface area contributed by atoms with Crippen LogP contribution in [0, 0.1) is 11.8 Å². The van der Waals surface area contributed by atoms with Gasteiger partial charge in [0, 0.05) is 6.54 Å². The number of anilines is 2. The molecule has 0 radical (unpaired) electrons. The summed E-state index contributed by atoms with van der Waals surface area (Å²) in [6, 6.07) is 4.19. The van der Waals surface area contributed by atoms with E-state index in [0.29, 0.717) is 0 Å². The summed E-state index contributed by atoms with van der Waals surface area (Å²) >= 11 is 1.64. The minimum absolute atomic E-state index is 0.786. The summed E-state index contributed by atoms with van der Waals surface area (Å²) in [7, 11) is 0. The highest BCUT2D eigenvalue weighted by atomic mass is 32.1. The fourth-order valence-corrected chi connectivity index (χ4v) is 3.80. The summed E-state index contributed by atoms with van der Waals surface area (Å²) in [4.78, 5) is 4.34. The molecular weight excluding hydrogens is 254 g/mol. The number of nitrogens with zero attached hydrogens (tertiary/aromatic N) is 1. The number of thiazole rings is 1. The third kappa shape index (κ3) is 2.68. The summed E-state index contributed by atoms with van der Waals surface area (Å²) < 4.78 is 1.16. The monoisotopic (exact) mass is 275 g/mol. The first-order valence-electron chi connectivity index (χ1n) is 7.09. The average molecular weight is 275 g/mol. The number of nitrogens with one attached hydrogen (secondary N) is 1. The van der Waals surface area contributed by atoms with E-state index < -0.39 is 0 Å². The van der Waals surface area contributed by atoms with Gasteiger partial charge in [0.25, 0.3) is 0 Å². The standard InChI is InChI=1S/C15H21N3S/c1-10-3-2-4-11(7-10)8-17-12-5-6-13-15(14(12)16)18-9-19-13/h5-6,9-11,17H,2-4,7-8,16H2,1H3. The molecule has 3 N–H and O–H groups in total. The summed E-state index contributed by atoms with van der Waals surface area (Å²) in [5.74, 6) is 1.66. The first-order chi connectivity index (χ1) is 9.24. The van der Waals surface area contributed by atoms with E-state index in [1.54, 1.807) is 11.3 Å². The van der Waals surface area contributed by atoms with Gasteiger partial charge in [-0.3, -0.25) is 0 Å². The Morgan fingerprint density at radius 1 is 1.42 bits per heavy atom. The Bertz CT molecular complexity index is 564. The van der Waals surface area contributed by atoms with Gasteiger partial charge in [-0.2, -0.15) is 0 Å². The fourth-order valence-electron chi connectivity index (χ4n) is 3.11. The Kier molecular flexibility index (Phi) is 3.60. The van der Waals surface area contributed by atoms with Crippen molar-refractivity contribution < 1.29 is 0 Å². The van der Waals surface area contributed by atoms with Gasteiger partial charge in [0.15, 0.2) is 0 Å². The molecule has 1 aromatic carbocycles. The summed E-state index contributed by atoms with van der Waals surface area (Å²) in [6.07, 6.45) is 5.44. The molecule has 3 nitrogen and oxygen atoms in total. The minimum atomic E-state index is 0.786. The molecule has 0 bridgehead atoms. The van der Waals surface area contributed by atoms with E-state index in [2.05, 4.69) is 29.4 Å². The van der Waals surface area contributed by atoms with Crippen LogP contribution in [-0.4, -0.2) is 11.5 Å². The van der Waals surface area contributed by atoms with E-state index in [4.69, 9.17) is 5.73 Å². The van der Waals surface area contributed by atoms with Gasteiger partial charge in [0.2, 0.25) is 0 Å². The normalized spacial score (nSPS) is 23.6. The predicted molar refractivity (Wildman–Crippen MR) is 83.6 cm³/mol. The van der Waals surface area contributed by atoms with Crippen molar-refractivity contribution >= 4 is 32.9 Å². The van der Waals surface area contributed by atoms with Crippen molar-refractivity contribution in [1.82, 2.24) is 4.98 Å². The number of hydrogen-bond donors (Lipinski definition) is 2. The van der Waals surface area contributed by atoms with Gasteiger partial charge in [0.1, 0.15) is 5.52 Å². The second kappa shape index (κ2) is 5.37. The molecule has 1 heterocycles. The Labute approximate surface area is 118 Å². The zero-order valence-electron chi connectivity index (χ0n) is 11.4. The third-order valence-corrected chi connectivity index (χ3v) is 4.96. The van der Waals surface area contributed by atoms with E-state index in [9.17, 15) is 0 Å². The zero-order chi connectivity index (χ0) is 13.2. The quantitative estimate of drug-likeness (QED) is 0.829. The van der Waals surface area contributed by atoms with Crippen molar-refractivity contribution in [3.8, 4) is 0 Å². The van der Waals surface area contributed by atoms with E-state index >= 15 is 0 Å². The molecule has 0 aliphatic heterocycles. The van der Waals surface area contributed by atoms with Crippen LogP contribution < -0.4 is 11.1 Å². The molecule has 19 heavy (non-hydrogen) atoms. The smallest absolute Gasteiger partial charge is 0.106 e. The highest BCUT2D eigenvalue weighted by Gasteiger charge is 2.19. The molecule has 0 saturated heterocycles. The lowest BCUT2D eigenvalue weighted by Crippen LogP contribution is -2.21. The van der Waals surface area contributed by atoms with Crippen LogP contribution in [0.25, 0.3) is 10.2 Å². The molecule has 0 amide bonds. The predicted octanol–water partition coefficient (Wildman–Crippen LogP) is 4.12. The zero-order valence-corrected chi connectivity index (χ0v) is 12.2. The molecule has 4 heteroatoms. The molecule has 2 unspecified atom stereocenters. The van der Waals surface area contributed by atoms with Crippen LogP contribution in [0.4, 0.5) is 11.4 Å². The fraction of sp³-hybridized carbons (Fsp3) is 0.533. The molecule has 1 aliphatic carbocycles. The highest BCUT2D eigenvalue weighted by Crippen LogP contribution is 2.32. The van der Waals surface area contributed by atoms with Crippen molar-refractivity contribution in [3.05, 3.63) is 17.6 Å². The Morgan fingerprint density at radius 2 is 2.32 bits per heavy atom. The van der Waals surface area contributed by atoms with E-state index in [-0.39, 0.29) is 0 Å². The summed E-state index contributed by atoms with van der Waals surface area (Å²) in [6.45, 7) is 3.39. The maximum atomic E-state index is 6.19. The maximum absolute atomic E-state index is 6.19. The van der Waals surface area contributed by atoms with Crippen molar-refractivity contribution in [2.45, 2.75) is 32.6 Å². The number of hydrogen-bond acceptors (Lipinski definition) is 4.